The van der Waals surface area contributed by atoms with E-state index in [1.165, 1.54) is 0 Å². The Bertz CT molecular complexity index is 941. The smallest absolute Gasteiger partial charge is 0.348 e. The Morgan fingerprint density at radius 3 is 2.48 bits per heavy atom. The molecule has 0 spiro atoms. The first-order chi connectivity index (χ1) is 12.0. The summed E-state index contributed by atoms with van der Waals surface area (Å²) < 4.78 is 22.9. The van der Waals surface area contributed by atoms with Crippen molar-refractivity contribution < 1.29 is 18.7 Å². The zero-order valence-electron chi connectivity index (χ0n) is 13.1. The molecule has 8 heteroatoms. The highest BCUT2D eigenvalue weighted by molar-refractivity contribution is 7.81. The van der Waals surface area contributed by atoms with E-state index in [2.05, 4.69) is 4.98 Å². The van der Waals surface area contributed by atoms with Crippen LogP contribution in [-0.4, -0.2) is 24.8 Å². The minimum Gasteiger partial charge on any atom is -0.477 e. The summed E-state index contributed by atoms with van der Waals surface area (Å²) in [5.74, 6) is -1.16. The number of carbonyl (C=O) groups is 1. The maximum absolute atomic E-state index is 12.0. The summed E-state index contributed by atoms with van der Waals surface area (Å²) in [4.78, 5) is 16.5. The van der Waals surface area contributed by atoms with Crippen LogP contribution in [0.2, 0.25) is 0 Å². The molecule has 0 saturated heterocycles. The lowest BCUT2D eigenvalue weighted by atomic mass is 10.2. The summed E-state index contributed by atoms with van der Waals surface area (Å²) >= 11 is -1.41. The molecule has 0 fully saturated rings. The zero-order chi connectivity index (χ0) is 18.0. The largest absolute Gasteiger partial charge is 0.477 e. The average molecular weight is 374 g/mol. The molecule has 2 aromatic heterocycles. The Labute approximate surface area is 150 Å². The minimum atomic E-state index is -2.43. The fourth-order valence-corrected chi connectivity index (χ4v) is 4.11. The van der Waals surface area contributed by atoms with Gasteiger partial charge in [0.25, 0.3) is 11.3 Å². The number of rotatable bonds is 5. The molecule has 2 heterocycles. The van der Waals surface area contributed by atoms with Gasteiger partial charge in [0.1, 0.15) is 4.88 Å². The van der Waals surface area contributed by atoms with Crippen LogP contribution in [0.5, 0.6) is 0 Å². The van der Waals surface area contributed by atoms with Gasteiger partial charge in [0.2, 0.25) is 0 Å². The molecule has 0 amide bonds. The summed E-state index contributed by atoms with van der Waals surface area (Å²) in [7, 11) is 0. The van der Waals surface area contributed by atoms with Crippen LogP contribution >= 0.6 is 11.3 Å². The van der Waals surface area contributed by atoms with Crippen LogP contribution in [0.1, 0.15) is 15.2 Å². The van der Waals surface area contributed by atoms with Gasteiger partial charge in [-0.2, -0.15) is 0 Å². The molecule has 3 aromatic rings. The van der Waals surface area contributed by atoms with Gasteiger partial charge in [0.15, 0.2) is 0 Å². The molecular formula is C17H14N2O4S2. The van der Waals surface area contributed by atoms with Crippen LogP contribution in [0.15, 0.2) is 54.7 Å². The lowest BCUT2D eigenvalue weighted by Gasteiger charge is -2.21. The van der Waals surface area contributed by atoms with Crippen molar-refractivity contribution in [3.63, 3.8) is 0 Å². The normalized spacial score (nSPS) is 11.9. The number of carboxylic acid groups (broad SMARTS) is 1. The summed E-state index contributed by atoms with van der Waals surface area (Å²) in [6, 6.07) is 13.9. The number of hydrogen-bond donors (Lipinski definition) is 2. The second-order valence-corrected chi connectivity index (χ2v) is 7.04. The Morgan fingerprint density at radius 1 is 1.16 bits per heavy atom. The van der Waals surface area contributed by atoms with Crippen molar-refractivity contribution in [3.8, 4) is 10.6 Å². The van der Waals surface area contributed by atoms with Crippen LogP contribution in [-0.2, 0) is 11.3 Å². The first-order valence-corrected chi connectivity index (χ1v) is 9.12. The van der Waals surface area contributed by atoms with Crippen molar-refractivity contribution in [2.24, 2.45) is 0 Å². The number of aromatic carboxylic acids is 1. The van der Waals surface area contributed by atoms with Crippen molar-refractivity contribution in [2.45, 2.75) is 6.92 Å². The van der Waals surface area contributed by atoms with Gasteiger partial charge in [-0.05, 0) is 36.8 Å². The van der Waals surface area contributed by atoms with Gasteiger partial charge in [-0.15, -0.1) is 11.3 Å². The molecule has 25 heavy (non-hydrogen) atoms. The molecule has 0 aliphatic carbocycles. The number of aryl methyl sites for hydroxylation is 1. The van der Waals surface area contributed by atoms with Crippen molar-refractivity contribution in [1.82, 2.24) is 4.98 Å². The van der Waals surface area contributed by atoms with E-state index < -0.39 is 17.2 Å². The molecule has 2 N–H and O–H groups in total. The molecule has 0 saturated carbocycles. The van der Waals surface area contributed by atoms with Crippen LogP contribution in [0.3, 0.4) is 0 Å². The molecule has 0 aliphatic rings. The van der Waals surface area contributed by atoms with Crippen LogP contribution < -0.4 is 4.31 Å². The number of anilines is 2. The van der Waals surface area contributed by atoms with Gasteiger partial charge in [-0.1, -0.05) is 24.3 Å². The number of thiophene rings is 1. The van der Waals surface area contributed by atoms with E-state index in [1.54, 1.807) is 55.6 Å². The highest BCUT2D eigenvalue weighted by Crippen LogP contribution is 2.40. The quantitative estimate of drug-likeness (QED) is 0.656. The van der Waals surface area contributed by atoms with Crippen molar-refractivity contribution in [1.29, 1.82) is 0 Å². The molecule has 0 bridgehead atoms. The number of carboxylic acids is 1. The molecule has 1 unspecified atom stereocenters. The minimum absolute atomic E-state index is 0.0219. The summed E-state index contributed by atoms with van der Waals surface area (Å²) in [5.41, 5.74) is 1.99. The fourth-order valence-electron chi connectivity index (χ4n) is 2.41. The Balaban J connectivity index is 2.20. The highest BCUT2D eigenvalue weighted by atomic mass is 32.2. The Kier molecular flexibility index (Phi) is 4.93. The zero-order valence-corrected chi connectivity index (χ0v) is 14.8. The van der Waals surface area contributed by atoms with E-state index in [0.29, 0.717) is 16.3 Å². The van der Waals surface area contributed by atoms with Crippen molar-refractivity contribution in [2.75, 3.05) is 4.31 Å². The first kappa shape index (κ1) is 17.3. The molecule has 1 aromatic carbocycles. The van der Waals surface area contributed by atoms with Crippen molar-refractivity contribution >= 4 is 39.9 Å². The van der Waals surface area contributed by atoms with Crippen LogP contribution in [0.4, 0.5) is 11.4 Å². The number of para-hydroxylation sites is 1. The number of pyridine rings is 1. The Morgan fingerprint density at radius 2 is 1.88 bits per heavy atom. The topological polar surface area (TPSA) is 90.7 Å². The third-order valence-corrected chi connectivity index (χ3v) is 5.37. The number of aromatic nitrogens is 1. The Hall–Kier alpha value is -2.55. The van der Waals surface area contributed by atoms with Gasteiger partial charge in [0.05, 0.1) is 21.9 Å². The lowest BCUT2D eigenvalue weighted by Crippen LogP contribution is -2.21. The molecule has 0 aliphatic heterocycles. The van der Waals surface area contributed by atoms with E-state index in [0.717, 1.165) is 21.2 Å². The van der Waals surface area contributed by atoms with Gasteiger partial charge >= 0.3 is 5.97 Å². The van der Waals surface area contributed by atoms with E-state index in [4.69, 9.17) is 0 Å². The maximum atomic E-state index is 12.0. The monoisotopic (exact) mass is 374 g/mol. The molecule has 3 rings (SSSR count). The molecule has 1 atom stereocenters. The summed E-state index contributed by atoms with van der Waals surface area (Å²) in [5, 5.41) is 9.56. The predicted octanol–water partition coefficient (Wildman–Crippen LogP) is 4.09. The van der Waals surface area contributed by atoms with Crippen LogP contribution in [0, 0.1) is 6.92 Å². The first-order valence-electron chi connectivity index (χ1n) is 7.24. The van der Waals surface area contributed by atoms with Gasteiger partial charge in [-0.25, -0.2) is 13.3 Å². The number of benzene rings is 1. The third-order valence-electron chi connectivity index (χ3n) is 3.53. The third kappa shape index (κ3) is 3.46. The SMILES string of the molecule is Cc1ccccc1N(c1cc(-c2ccccn2)sc1C(=O)O)S(=O)O. The summed E-state index contributed by atoms with van der Waals surface area (Å²) in [6.45, 7) is 1.79. The highest BCUT2D eigenvalue weighted by Gasteiger charge is 2.26. The van der Waals surface area contributed by atoms with Crippen LogP contribution in [0.25, 0.3) is 10.6 Å². The maximum Gasteiger partial charge on any atom is 0.348 e. The van der Waals surface area contributed by atoms with E-state index in [9.17, 15) is 18.7 Å². The van der Waals surface area contributed by atoms with Crippen molar-refractivity contribution in [3.05, 3.63) is 65.2 Å². The lowest BCUT2D eigenvalue weighted by molar-refractivity contribution is 0.0703. The second-order valence-electron chi connectivity index (χ2n) is 5.16. The second kappa shape index (κ2) is 7.14. The van der Waals surface area contributed by atoms with E-state index >= 15 is 0 Å². The standard InChI is InChI=1S/C17H14N2O4S2/c1-11-6-2-3-8-13(11)19(25(22)23)14-10-15(24-16(14)17(20)21)12-7-4-5-9-18-12/h2-10H,1H3,(H,20,21)(H,22,23). The van der Waals surface area contributed by atoms with E-state index in [-0.39, 0.29) is 10.6 Å². The number of nitrogens with zero attached hydrogens (tertiary/aromatic N) is 2. The summed E-state index contributed by atoms with van der Waals surface area (Å²) in [6.07, 6.45) is 1.61. The van der Waals surface area contributed by atoms with Gasteiger partial charge < -0.3 is 5.11 Å². The number of hydrogen-bond acceptors (Lipinski definition) is 4. The molecular weight excluding hydrogens is 360 g/mol. The molecule has 128 valence electrons. The molecule has 0 radical (unpaired) electrons. The van der Waals surface area contributed by atoms with Gasteiger partial charge in [0, 0.05) is 6.20 Å². The average Bonchev–Trinajstić information content (AvgIpc) is 3.02. The van der Waals surface area contributed by atoms with Gasteiger partial charge in [-0.3, -0.25) is 9.54 Å². The molecule has 6 nitrogen and oxygen atoms in total. The fraction of sp³-hybridized carbons (Fsp3) is 0.0588. The van der Waals surface area contributed by atoms with E-state index in [1.807, 2.05) is 6.07 Å². The predicted molar refractivity (Wildman–Crippen MR) is 98.6 cm³/mol.